The zero-order valence-corrected chi connectivity index (χ0v) is 17.6. The van der Waals surface area contributed by atoms with Crippen molar-refractivity contribution in [2.24, 2.45) is 5.92 Å². The Balaban J connectivity index is 1.50. The molecule has 0 radical (unpaired) electrons. The molecule has 1 atom stereocenters. The van der Waals surface area contributed by atoms with Crippen molar-refractivity contribution in [2.45, 2.75) is 64.7 Å². The Labute approximate surface area is 175 Å². The van der Waals surface area contributed by atoms with Gasteiger partial charge in [0.25, 0.3) is 0 Å². The van der Waals surface area contributed by atoms with E-state index in [1.54, 1.807) is 0 Å². The van der Waals surface area contributed by atoms with E-state index in [1.165, 1.54) is 52.7 Å². The van der Waals surface area contributed by atoms with Crippen molar-refractivity contribution in [2.75, 3.05) is 0 Å². The summed E-state index contributed by atoms with van der Waals surface area (Å²) < 4.78 is 0. The third kappa shape index (κ3) is 4.78. The molecule has 0 spiro atoms. The van der Waals surface area contributed by atoms with Gasteiger partial charge in [-0.1, -0.05) is 80.5 Å². The molecule has 0 amide bonds. The highest BCUT2D eigenvalue weighted by Gasteiger charge is 2.25. The van der Waals surface area contributed by atoms with E-state index < -0.39 is 0 Å². The lowest BCUT2D eigenvalue weighted by Crippen LogP contribution is -2.24. The van der Waals surface area contributed by atoms with E-state index in [1.807, 2.05) is 0 Å². The van der Waals surface area contributed by atoms with Crippen molar-refractivity contribution >= 4 is 11.4 Å². The third-order valence-corrected chi connectivity index (χ3v) is 6.53. The molecule has 2 aliphatic rings. The summed E-state index contributed by atoms with van der Waals surface area (Å²) in [6.07, 6.45) is 16.0. The van der Waals surface area contributed by atoms with Gasteiger partial charge in [-0.2, -0.15) is 0 Å². The van der Waals surface area contributed by atoms with E-state index in [-0.39, 0.29) is 5.92 Å². The van der Waals surface area contributed by atoms with Gasteiger partial charge in [-0.15, -0.1) is 0 Å². The van der Waals surface area contributed by atoms with E-state index in [0.29, 0.717) is 12.2 Å². The number of carbonyl (C=O) groups is 1. The van der Waals surface area contributed by atoms with E-state index >= 15 is 0 Å². The molecule has 1 unspecified atom stereocenters. The molecule has 29 heavy (non-hydrogen) atoms. The normalized spacial score (nSPS) is 17.8. The Morgan fingerprint density at radius 3 is 2.69 bits per heavy atom. The minimum Gasteiger partial charge on any atom is -0.299 e. The molecule has 4 rings (SSSR count). The molecule has 2 aromatic carbocycles. The van der Waals surface area contributed by atoms with Crippen LogP contribution in [0.15, 0.2) is 60.7 Å². The highest BCUT2D eigenvalue weighted by Crippen LogP contribution is 2.29. The first-order valence-electron chi connectivity index (χ1n) is 11.3. The minimum absolute atomic E-state index is 0.175. The van der Waals surface area contributed by atoms with Crippen LogP contribution in [0.25, 0.3) is 5.57 Å². The van der Waals surface area contributed by atoms with Gasteiger partial charge in [0.15, 0.2) is 0 Å². The number of Topliss-reactive ketones (excluding diaryl/α,β-unsaturated/α-hetero) is 1. The van der Waals surface area contributed by atoms with Crippen LogP contribution in [0.3, 0.4) is 0 Å². The van der Waals surface area contributed by atoms with Gasteiger partial charge in [-0.25, -0.2) is 0 Å². The first-order valence-corrected chi connectivity index (χ1v) is 11.3. The van der Waals surface area contributed by atoms with Gasteiger partial charge < -0.3 is 0 Å². The molecule has 0 aliphatic heterocycles. The molecule has 2 aromatic rings. The van der Waals surface area contributed by atoms with E-state index in [0.717, 1.165) is 32.1 Å². The van der Waals surface area contributed by atoms with E-state index in [4.69, 9.17) is 0 Å². The van der Waals surface area contributed by atoms with E-state index in [9.17, 15) is 4.79 Å². The maximum Gasteiger partial charge on any atom is 0.140 e. The van der Waals surface area contributed by atoms with Gasteiger partial charge >= 0.3 is 0 Å². The van der Waals surface area contributed by atoms with Gasteiger partial charge in [0.1, 0.15) is 5.78 Å². The van der Waals surface area contributed by atoms with Crippen LogP contribution in [-0.4, -0.2) is 5.78 Å². The molecular weight excluding hydrogens is 352 g/mol. The average Bonchev–Trinajstić information content (AvgIpc) is 3.29. The highest BCUT2D eigenvalue weighted by atomic mass is 16.1. The molecule has 0 aromatic heterocycles. The zero-order chi connectivity index (χ0) is 20.1. The molecular formula is C28H32O. The SMILES string of the molecule is CCCCCc1cc(C2=CCC=C2)ccc1CC(=O)C1CCc2ccccc2C1. The number of allylic oxidation sites excluding steroid dienone is 4. The van der Waals surface area contributed by atoms with Gasteiger partial charge in [-0.3, -0.25) is 4.79 Å². The summed E-state index contributed by atoms with van der Waals surface area (Å²) in [5.74, 6) is 0.595. The van der Waals surface area contributed by atoms with Crippen LogP contribution in [-0.2, 0) is 30.5 Å². The predicted molar refractivity (Wildman–Crippen MR) is 122 cm³/mol. The fourth-order valence-corrected chi connectivity index (χ4v) is 4.75. The monoisotopic (exact) mass is 384 g/mol. The van der Waals surface area contributed by atoms with Crippen molar-refractivity contribution in [3.8, 4) is 0 Å². The topological polar surface area (TPSA) is 17.1 Å². The van der Waals surface area contributed by atoms with Crippen LogP contribution in [0.4, 0.5) is 0 Å². The Bertz CT molecular complexity index is 931. The van der Waals surface area contributed by atoms with Crippen LogP contribution in [0.2, 0.25) is 0 Å². The predicted octanol–water partition coefficient (Wildman–Crippen LogP) is 6.68. The number of ketones is 1. The molecule has 0 saturated carbocycles. The Morgan fingerprint density at radius 1 is 1.03 bits per heavy atom. The number of unbranched alkanes of at least 4 members (excludes halogenated alkanes) is 2. The first-order chi connectivity index (χ1) is 14.2. The molecule has 2 aliphatic carbocycles. The van der Waals surface area contributed by atoms with Gasteiger partial charge in [-0.05, 0) is 71.9 Å². The number of hydrogen-bond donors (Lipinski definition) is 0. The van der Waals surface area contributed by atoms with Crippen LogP contribution >= 0.6 is 0 Å². The molecule has 150 valence electrons. The fraction of sp³-hybridized carbons (Fsp3) is 0.393. The number of fused-ring (bicyclic) bond motifs is 1. The summed E-state index contributed by atoms with van der Waals surface area (Å²) >= 11 is 0. The number of hydrogen-bond acceptors (Lipinski definition) is 1. The fourth-order valence-electron chi connectivity index (χ4n) is 4.75. The standard InChI is InChI=1S/C28H32O/c1-2-3-4-12-24-18-25(21-9-5-6-10-21)15-16-26(24)20-28(29)27-17-14-22-11-7-8-13-23(22)19-27/h5,7-11,13,15-16,18,27H,2-4,6,12,14,17,19-20H2,1H3. The van der Waals surface area contributed by atoms with Crippen molar-refractivity contribution in [1.29, 1.82) is 0 Å². The van der Waals surface area contributed by atoms with Crippen LogP contribution in [0.1, 0.15) is 66.8 Å². The molecule has 0 N–H and O–H groups in total. The molecule has 0 fully saturated rings. The molecule has 1 heteroatoms. The number of benzene rings is 2. The van der Waals surface area contributed by atoms with Crippen molar-refractivity contribution in [3.05, 3.63) is 88.5 Å². The van der Waals surface area contributed by atoms with Crippen molar-refractivity contribution in [1.82, 2.24) is 0 Å². The molecule has 0 bridgehead atoms. The van der Waals surface area contributed by atoms with Crippen LogP contribution in [0, 0.1) is 5.92 Å². The average molecular weight is 385 g/mol. The Hall–Kier alpha value is -2.41. The van der Waals surface area contributed by atoms with Crippen molar-refractivity contribution in [3.63, 3.8) is 0 Å². The minimum atomic E-state index is 0.175. The quantitative estimate of drug-likeness (QED) is 0.464. The number of carbonyl (C=O) groups excluding carboxylic acids is 1. The van der Waals surface area contributed by atoms with Gasteiger partial charge in [0.05, 0.1) is 0 Å². The first kappa shape index (κ1) is 19.9. The van der Waals surface area contributed by atoms with Crippen LogP contribution in [0.5, 0.6) is 0 Å². The zero-order valence-electron chi connectivity index (χ0n) is 17.6. The lowest BCUT2D eigenvalue weighted by Gasteiger charge is -2.24. The smallest absolute Gasteiger partial charge is 0.140 e. The maximum absolute atomic E-state index is 13.2. The summed E-state index contributed by atoms with van der Waals surface area (Å²) in [6.45, 7) is 2.25. The van der Waals surface area contributed by atoms with Crippen LogP contribution < -0.4 is 0 Å². The lowest BCUT2D eigenvalue weighted by molar-refractivity contribution is -0.122. The second kappa shape index (κ2) is 9.39. The summed E-state index contributed by atoms with van der Waals surface area (Å²) in [7, 11) is 0. The molecule has 1 nitrogen and oxygen atoms in total. The Morgan fingerprint density at radius 2 is 1.90 bits per heavy atom. The summed E-state index contributed by atoms with van der Waals surface area (Å²) in [6, 6.07) is 15.4. The van der Waals surface area contributed by atoms with Gasteiger partial charge in [0.2, 0.25) is 0 Å². The highest BCUT2D eigenvalue weighted by molar-refractivity contribution is 5.84. The van der Waals surface area contributed by atoms with Gasteiger partial charge in [0, 0.05) is 12.3 Å². The third-order valence-electron chi connectivity index (χ3n) is 6.53. The maximum atomic E-state index is 13.2. The second-order valence-electron chi connectivity index (χ2n) is 8.59. The Kier molecular flexibility index (Phi) is 6.44. The second-order valence-corrected chi connectivity index (χ2v) is 8.59. The lowest BCUT2D eigenvalue weighted by atomic mass is 9.80. The van der Waals surface area contributed by atoms with Crippen molar-refractivity contribution < 1.29 is 4.79 Å². The molecule has 0 heterocycles. The number of aryl methyl sites for hydroxylation is 2. The summed E-state index contributed by atoms with van der Waals surface area (Å²) in [5, 5.41) is 0. The number of rotatable bonds is 8. The summed E-state index contributed by atoms with van der Waals surface area (Å²) in [5.41, 5.74) is 8.05. The summed E-state index contributed by atoms with van der Waals surface area (Å²) in [4.78, 5) is 13.2. The van der Waals surface area contributed by atoms with E-state index in [2.05, 4.69) is 67.6 Å². The molecule has 0 saturated heterocycles. The largest absolute Gasteiger partial charge is 0.299 e.